The number of nitrogens with one attached hydrogen (secondary N) is 2. The van der Waals surface area contributed by atoms with E-state index in [2.05, 4.69) is 46.8 Å². The van der Waals surface area contributed by atoms with Gasteiger partial charge in [0.2, 0.25) is 11.0 Å². The minimum absolute atomic E-state index is 0.113. The number of aromatic nitrogens is 2. The lowest BCUT2D eigenvalue weighted by molar-refractivity contribution is -0.128. The largest absolute Gasteiger partial charge is 0.478 e. The molecule has 0 saturated heterocycles. The van der Waals surface area contributed by atoms with Crippen LogP contribution in [0.3, 0.4) is 0 Å². The third-order valence-electron chi connectivity index (χ3n) is 4.57. The topological polar surface area (TPSA) is 93.2 Å². The number of carbonyl (C=O) groups is 2. The summed E-state index contributed by atoms with van der Waals surface area (Å²) in [4.78, 5) is 24.5. The van der Waals surface area contributed by atoms with Crippen molar-refractivity contribution in [3.8, 4) is 16.3 Å². The van der Waals surface area contributed by atoms with Gasteiger partial charge in [-0.25, -0.2) is 0 Å². The van der Waals surface area contributed by atoms with Crippen LogP contribution in [0.5, 0.6) is 5.75 Å². The van der Waals surface area contributed by atoms with E-state index in [1.54, 1.807) is 18.2 Å². The third-order valence-corrected chi connectivity index (χ3v) is 5.46. The van der Waals surface area contributed by atoms with Crippen LogP contribution >= 0.6 is 11.3 Å². The molecule has 4 rings (SSSR count). The molecule has 8 heteroatoms. The maximum absolute atomic E-state index is 12.4. The molecule has 2 heterocycles. The fourth-order valence-corrected chi connectivity index (χ4v) is 3.73. The molecule has 0 saturated carbocycles. The fourth-order valence-electron chi connectivity index (χ4n) is 2.97. The Hall–Kier alpha value is -3.26. The van der Waals surface area contributed by atoms with Crippen LogP contribution in [0.1, 0.15) is 31.7 Å². The molecule has 1 unspecified atom stereocenters. The normalized spacial score (nSPS) is 15.4. The highest BCUT2D eigenvalue weighted by Crippen LogP contribution is 2.30. The SMILES string of the molecule is CC(C)c1ccc(-c2nnc(NC(=O)CC3Oc4ccccc4NC3=O)s2)cc1. The Morgan fingerprint density at radius 1 is 1.17 bits per heavy atom. The van der Waals surface area contributed by atoms with E-state index in [4.69, 9.17) is 4.74 Å². The molecule has 1 aromatic heterocycles. The first-order chi connectivity index (χ1) is 14.0. The Bertz CT molecular complexity index is 1050. The molecule has 148 valence electrons. The van der Waals surface area contributed by atoms with Gasteiger partial charge in [0.15, 0.2) is 6.10 Å². The van der Waals surface area contributed by atoms with E-state index in [9.17, 15) is 9.59 Å². The summed E-state index contributed by atoms with van der Waals surface area (Å²) in [5, 5.41) is 14.7. The van der Waals surface area contributed by atoms with Crippen LogP contribution in [0, 0.1) is 0 Å². The molecule has 2 N–H and O–H groups in total. The third kappa shape index (κ3) is 4.27. The van der Waals surface area contributed by atoms with Gasteiger partial charge >= 0.3 is 0 Å². The lowest BCUT2D eigenvalue weighted by atomic mass is 10.0. The van der Waals surface area contributed by atoms with Crippen molar-refractivity contribution in [3.63, 3.8) is 0 Å². The van der Waals surface area contributed by atoms with Crippen LogP contribution in [0.15, 0.2) is 48.5 Å². The first-order valence-corrected chi connectivity index (χ1v) is 10.1. The molecular weight excluding hydrogens is 388 g/mol. The first kappa shape index (κ1) is 19.1. The van der Waals surface area contributed by atoms with Crippen molar-refractivity contribution in [1.82, 2.24) is 10.2 Å². The highest BCUT2D eigenvalue weighted by atomic mass is 32.1. The van der Waals surface area contributed by atoms with E-state index in [0.717, 1.165) is 10.6 Å². The number of hydrogen-bond donors (Lipinski definition) is 2. The summed E-state index contributed by atoms with van der Waals surface area (Å²) >= 11 is 1.28. The van der Waals surface area contributed by atoms with Crippen molar-refractivity contribution >= 4 is 34.0 Å². The molecule has 1 atom stereocenters. The van der Waals surface area contributed by atoms with E-state index in [-0.39, 0.29) is 18.2 Å². The standard InChI is InChI=1S/C21H20N4O3S/c1-12(2)13-7-9-14(10-8-13)20-24-25-21(29-20)23-18(26)11-17-19(27)22-15-5-3-4-6-16(15)28-17/h3-10,12,17H,11H2,1-2H3,(H,22,27)(H,23,25,26). The minimum Gasteiger partial charge on any atom is -0.478 e. The number of nitrogens with zero attached hydrogens (tertiary/aromatic N) is 2. The number of ether oxygens (including phenoxy) is 1. The number of amides is 2. The zero-order valence-electron chi connectivity index (χ0n) is 16.0. The van der Waals surface area contributed by atoms with E-state index >= 15 is 0 Å². The second-order valence-electron chi connectivity index (χ2n) is 7.03. The van der Waals surface area contributed by atoms with Gasteiger partial charge in [0.25, 0.3) is 5.91 Å². The van der Waals surface area contributed by atoms with Crippen LogP contribution < -0.4 is 15.4 Å². The summed E-state index contributed by atoms with van der Waals surface area (Å²) in [6.45, 7) is 4.28. The maximum Gasteiger partial charge on any atom is 0.266 e. The monoisotopic (exact) mass is 408 g/mol. The zero-order valence-corrected chi connectivity index (χ0v) is 16.8. The molecule has 1 aliphatic heterocycles. The van der Waals surface area contributed by atoms with Gasteiger partial charge in [-0.2, -0.15) is 0 Å². The van der Waals surface area contributed by atoms with Crippen LogP contribution in [0.2, 0.25) is 0 Å². The van der Waals surface area contributed by atoms with Gasteiger partial charge in [-0.15, -0.1) is 10.2 Å². The fraction of sp³-hybridized carbons (Fsp3) is 0.238. The predicted molar refractivity (Wildman–Crippen MR) is 112 cm³/mol. The number of benzene rings is 2. The minimum atomic E-state index is -0.888. The second-order valence-corrected chi connectivity index (χ2v) is 8.01. The van der Waals surface area contributed by atoms with Gasteiger partial charge in [-0.05, 0) is 23.6 Å². The summed E-state index contributed by atoms with van der Waals surface area (Å²) in [7, 11) is 0. The smallest absolute Gasteiger partial charge is 0.266 e. The van der Waals surface area contributed by atoms with Crippen LogP contribution in [0.4, 0.5) is 10.8 Å². The summed E-state index contributed by atoms with van der Waals surface area (Å²) < 4.78 is 5.65. The molecule has 0 fully saturated rings. The molecule has 29 heavy (non-hydrogen) atoms. The average molecular weight is 408 g/mol. The molecule has 2 amide bonds. The average Bonchev–Trinajstić information content (AvgIpc) is 3.17. The van der Waals surface area contributed by atoms with E-state index in [1.807, 2.05) is 18.2 Å². The van der Waals surface area contributed by atoms with Gasteiger partial charge < -0.3 is 15.4 Å². The Morgan fingerprint density at radius 2 is 1.93 bits per heavy atom. The molecule has 0 aliphatic carbocycles. The molecule has 1 aliphatic rings. The van der Waals surface area contributed by atoms with Gasteiger partial charge in [0, 0.05) is 5.56 Å². The predicted octanol–water partition coefficient (Wildman–Crippen LogP) is 4.06. The highest BCUT2D eigenvalue weighted by molar-refractivity contribution is 7.18. The molecule has 7 nitrogen and oxygen atoms in total. The number of carbonyl (C=O) groups excluding carboxylic acids is 2. The summed E-state index contributed by atoms with van der Waals surface area (Å²) in [6.07, 6.45) is -1.00. The molecule has 0 radical (unpaired) electrons. The number of hydrogen-bond acceptors (Lipinski definition) is 6. The number of para-hydroxylation sites is 2. The lowest BCUT2D eigenvalue weighted by Crippen LogP contribution is -2.39. The lowest BCUT2D eigenvalue weighted by Gasteiger charge is -2.25. The van der Waals surface area contributed by atoms with Gasteiger partial charge in [-0.3, -0.25) is 9.59 Å². The Labute approximate surface area is 172 Å². The van der Waals surface area contributed by atoms with Crippen molar-refractivity contribution in [1.29, 1.82) is 0 Å². The molecular formula is C21H20N4O3S. The second kappa shape index (κ2) is 8.00. The number of rotatable bonds is 5. The Morgan fingerprint density at radius 3 is 2.69 bits per heavy atom. The molecule has 3 aromatic rings. The van der Waals surface area contributed by atoms with E-state index < -0.39 is 6.10 Å². The molecule has 0 spiro atoms. The van der Waals surface area contributed by atoms with E-state index in [0.29, 0.717) is 22.5 Å². The van der Waals surface area contributed by atoms with Crippen LogP contribution in [-0.2, 0) is 9.59 Å². The molecule has 2 aromatic carbocycles. The van der Waals surface area contributed by atoms with Gasteiger partial charge in [0.1, 0.15) is 10.8 Å². The van der Waals surface area contributed by atoms with Crippen molar-refractivity contribution in [2.75, 3.05) is 10.6 Å². The Kier molecular flexibility index (Phi) is 5.26. The molecule has 0 bridgehead atoms. The Balaban J connectivity index is 1.39. The summed E-state index contributed by atoms with van der Waals surface area (Å²) in [5.74, 6) is 0.303. The first-order valence-electron chi connectivity index (χ1n) is 9.30. The van der Waals surface area contributed by atoms with Crippen LogP contribution in [-0.4, -0.2) is 28.1 Å². The van der Waals surface area contributed by atoms with Crippen molar-refractivity contribution in [3.05, 3.63) is 54.1 Å². The summed E-state index contributed by atoms with van der Waals surface area (Å²) in [5.41, 5.74) is 2.80. The van der Waals surface area contributed by atoms with Gasteiger partial charge in [0.05, 0.1) is 12.1 Å². The quantitative estimate of drug-likeness (QED) is 0.664. The zero-order chi connectivity index (χ0) is 20.4. The number of anilines is 2. The van der Waals surface area contributed by atoms with Crippen LogP contribution in [0.25, 0.3) is 10.6 Å². The highest BCUT2D eigenvalue weighted by Gasteiger charge is 2.29. The van der Waals surface area contributed by atoms with Crippen molar-refractivity contribution < 1.29 is 14.3 Å². The van der Waals surface area contributed by atoms with Crippen molar-refractivity contribution in [2.45, 2.75) is 32.3 Å². The van der Waals surface area contributed by atoms with E-state index in [1.165, 1.54) is 16.9 Å². The van der Waals surface area contributed by atoms with Crippen molar-refractivity contribution in [2.24, 2.45) is 0 Å². The number of fused-ring (bicyclic) bond motifs is 1. The maximum atomic E-state index is 12.4. The van der Waals surface area contributed by atoms with Gasteiger partial charge in [-0.1, -0.05) is 61.6 Å². The summed E-state index contributed by atoms with van der Waals surface area (Å²) in [6, 6.07) is 15.2.